The van der Waals surface area contributed by atoms with Gasteiger partial charge in [-0.2, -0.15) is 0 Å². The van der Waals surface area contributed by atoms with Gasteiger partial charge in [-0.25, -0.2) is 9.59 Å². The van der Waals surface area contributed by atoms with Crippen LogP contribution in [0.15, 0.2) is 24.4 Å². The molecule has 0 aliphatic carbocycles. The number of rotatable bonds is 3. The smallest absolute Gasteiger partial charge is 0.353 e. The van der Waals surface area contributed by atoms with E-state index >= 15 is 0 Å². The molecule has 0 saturated heterocycles. The van der Waals surface area contributed by atoms with Gasteiger partial charge >= 0.3 is 11.9 Å². The second-order valence-corrected chi connectivity index (χ2v) is 5.59. The van der Waals surface area contributed by atoms with Crippen molar-refractivity contribution in [3.63, 3.8) is 0 Å². The molecule has 3 aromatic rings. The summed E-state index contributed by atoms with van der Waals surface area (Å²) in [5.74, 6) is -2.60. The molecule has 1 aromatic carbocycles. The zero-order valence-electron chi connectivity index (χ0n) is 13.0. The van der Waals surface area contributed by atoms with Crippen LogP contribution in [0.2, 0.25) is 0 Å². The number of aromatic nitrogens is 2. The van der Waals surface area contributed by atoms with E-state index in [1.54, 1.807) is 6.20 Å². The van der Waals surface area contributed by atoms with Crippen molar-refractivity contribution in [2.75, 3.05) is 0 Å². The van der Waals surface area contributed by atoms with E-state index in [4.69, 9.17) is 5.11 Å². The average molecular weight is 312 g/mol. The molecule has 3 rings (SSSR count). The highest BCUT2D eigenvalue weighted by Crippen LogP contribution is 2.35. The van der Waals surface area contributed by atoms with E-state index in [1.165, 1.54) is 4.57 Å². The lowest BCUT2D eigenvalue weighted by Gasteiger charge is -2.10. The summed E-state index contributed by atoms with van der Waals surface area (Å²) in [6.07, 6.45) is 2.43. The number of nitrogens with zero attached hydrogens (tertiary/aromatic N) is 1. The Morgan fingerprint density at radius 2 is 1.87 bits per heavy atom. The Morgan fingerprint density at radius 3 is 2.48 bits per heavy atom. The maximum atomic E-state index is 11.6. The zero-order chi connectivity index (χ0) is 16.9. The lowest BCUT2D eigenvalue weighted by Crippen LogP contribution is -2.10. The molecule has 0 atom stereocenters. The minimum absolute atomic E-state index is 0.303. The van der Waals surface area contributed by atoms with Gasteiger partial charge in [-0.05, 0) is 49.6 Å². The zero-order valence-corrected chi connectivity index (χ0v) is 13.0. The first-order valence-electron chi connectivity index (χ1n) is 7.09. The molecule has 118 valence electrons. The monoisotopic (exact) mass is 312 g/mol. The van der Waals surface area contributed by atoms with Crippen molar-refractivity contribution >= 4 is 39.6 Å². The number of aryl methyl sites for hydroxylation is 2. The second-order valence-electron chi connectivity index (χ2n) is 5.59. The maximum Gasteiger partial charge on any atom is 0.353 e. The molecular formula is C17H16N2O4. The molecule has 0 saturated carbocycles. The van der Waals surface area contributed by atoms with E-state index in [9.17, 15) is 14.7 Å². The van der Waals surface area contributed by atoms with Crippen LogP contribution in [0.5, 0.6) is 0 Å². The molecule has 0 aliphatic heterocycles. The van der Waals surface area contributed by atoms with Gasteiger partial charge in [-0.1, -0.05) is 0 Å². The van der Waals surface area contributed by atoms with Gasteiger partial charge in [0.15, 0.2) is 0 Å². The van der Waals surface area contributed by atoms with Crippen LogP contribution in [0.4, 0.5) is 0 Å². The first-order chi connectivity index (χ1) is 10.8. The van der Waals surface area contributed by atoms with Crippen LogP contribution < -0.4 is 0 Å². The van der Waals surface area contributed by atoms with Gasteiger partial charge in [0.2, 0.25) is 0 Å². The molecule has 0 amide bonds. The number of carboxylic acids is 2. The van der Waals surface area contributed by atoms with Crippen LogP contribution in [0.3, 0.4) is 0 Å². The highest BCUT2D eigenvalue weighted by molar-refractivity contribution is 6.20. The Kier molecular flexibility index (Phi) is 3.25. The van der Waals surface area contributed by atoms with E-state index in [-0.39, 0.29) is 5.70 Å². The summed E-state index contributed by atoms with van der Waals surface area (Å²) >= 11 is 0. The highest BCUT2D eigenvalue weighted by atomic mass is 16.4. The van der Waals surface area contributed by atoms with Gasteiger partial charge in [0.05, 0.1) is 11.6 Å². The van der Waals surface area contributed by atoms with Crippen molar-refractivity contribution in [2.45, 2.75) is 20.8 Å². The van der Waals surface area contributed by atoms with E-state index in [0.29, 0.717) is 17.2 Å². The Hall–Kier alpha value is -3.02. The molecule has 3 N–H and O–H groups in total. The molecule has 0 radical (unpaired) electrons. The molecule has 2 heterocycles. The van der Waals surface area contributed by atoms with Gasteiger partial charge in [0, 0.05) is 17.0 Å². The fraction of sp³-hybridized carbons (Fsp3) is 0.176. The third-order valence-electron chi connectivity index (χ3n) is 4.32. The molecular weight excluding hydrogens is 296 g/mol. The molecule has 0 spiro atoms. The predicted octanol–water partition coefficient (Wildman–Crippen LogP) is 3.06. The first-order valence-corrected chi connectivity index (χ1v) is 7.09. The number of carboxylic acid groups (broad SMARTS) is 2. The normalized spacial score (nSPS) is 12.2. The number of hydrogen-bond donors (Lipinski definition) is 3. The van der Waals surface area contributed by atoms with Crippen LogP contribution in [0.1, 0.15) is 16.7 Å². The molecule has 0 bridgehead atoms. The Bertz CT molecular complexity index is 1000. The third-order valence-corrected chi connectivity index (χ3v) is 4.32. The SMILES string of the molecule is Cc1cc2c(c(C)c1C)c1cc[nH]c1n2/C(=C/C(=O)O)C(=O)O. The van der Waals surface area contributed by atoms with Crippen molar-refractivity contribution < 1.29 is 19.8 Å². The van der Waals surface area contributed by atoms with Gasteiger partial charge in [0.25, 0.3) is 0 Å². The molecule has 0 aliphatic rings. The summed E-state index contributed by atoms with van der Waals surface area (Å²) in [5.41, 5.74) is 4.17. The quantitative estimate of drug-likeness (QED) is 0.648. The maximum absolute atomic E-state index is 11.6. The lowest BCUT2D eigenvalue weighted by molar-refractivity contribution is -0.133. The van der Waals surface area contributed by atoms with Crippen molar-refractivity contribution in [3.05, 3.63) is 41.1 Å². The van der Waals surface area contributed by atoms with Crippen LogP contribution >= 0.6 is 0 Å². The number of benzene rings is 1. The van der Waals surface area contributed by atoms with Crippen molar-refractivity contribution in [2.24, 2.45) is 0 Å². The predicted molar refractivity (Wildman–Crippen MR) is 87.6 cm³/mol. The van der Waals surface area contributed by atoms with Crippen molar-refractivity contribution in [1.29, 1.82) is 0 Å². The van der Waals surface area contributed by atoms with E-state index in [0.717, 1.165) is 27.5 Å². The summed E-state index contributed by atoms with van der Waals surface area (Å²) in [4.78, 5) is 25.7. The van der Waals surface area contributed by atoms with Crippen LogP contribution in [-0.4, -0.2) is 31.7 Å². The fourth-order valence-corrected chi connectivity index (χ4v) is 3.03. The van der Waals surface area contributed by atoms with Gasteiger partial charge < -0.3 is 15.2 Å². The third kappa shape index (κ3) is 2.11. The summed E-state index contributed by atoms with van der Waals surface area (Å²) in [6, 6.07) is 3.76. The molecule has 6 nitrogen and oxygen atoms in total. The Labute approximate surface area is 131 Å². The van der Waals surface area contributed by atoms with Gasteiger partial charge in [-0.3, -0.25) is 4.57 Å². The van der Waals surface area contributed by atoms with Gasteiger partial charge in [-0.15, -0.1) is 0 Å². The van der Waals surface area contributed by atoms with Crippen molar-refractivity contribution in [3.8, 4) is 0 Å². The fourth-order valence-electron chi connectivity index (χ4n) is 3.03. The number of carbonyl (C=O) groups is 2. The number of aromatic amines is 1. The van der Waals surface area contributed by atoms with E-state index in [1.807, 2.05) is 32.9 Å². The minimum atomic E-state index is -1.30. The largest absolute Gasteiger partial charge is 0.478 e. The average Bonchev–Trinajstić information content (AvgIpc) is 3.02. The Morgan fingerprint density at radius 1 is 1.17 bits per heavy atom. The van der Waals surface area contributed by atoms with E-state index < -0.39 is 11.9 Å². The summed E-state index contributed by atoms with van der Waals surface area (Å²) in [5, 5.41) is 20.3. The number of hydrogen-bond acceptors (Lipinski definition) is 2. The Balaban J connectivity index is 2.55. The van der Waals surface area contributed by atoms with E-state index in [2.05, 4.69) is 4.98 Å². The number of aliphatic carboxylic acids is 2. The highest BCUT2D eigenvalue weighted by Gasteiger charge is 2.22. The molecule has 2 aromatic heterocycles. The van der Waals surface area contributed by atoms with Gasteiger partial charge in [0.1, 0.15) is 11.3 Å². The topological polar surface area (TPSA) is 95.3 Å². The standard InChI is InChI=1S/C17H16N2O4/c1-8-6-12-15(10(3)9(8)2)11-4-5-18-16(11)19(12)13(17(22)23)7-14(20)21/h4-7,18H,1-3H3,(H,20,21)(H,22,23)/b13-7+. The lowest BCUT2D eigenvalue weighted by atomic mass is 9.99. The number of fused-ring (bicyclic) bond motifs is 3. The summed E-state index contributed by atoms with van der Waals surface area (Å²) in [7, 11) is 0. The molecule has 6 heteroatoms. The molecule has 0 unspecified atom stereocenters. The first kappa shape index (κ1) is 14.9. The summed E-state index contributed by atoms with van der Waals surface area (Å²) in [6.45, 7) is 5.96. The molecule has 0 fully saturated rings. The number of H-pyrrole nitrogens is 1. The van der Waals surface area contributed by atoms with Crippen molar-refractivity contribution in [1.82, 2.24) is 9.55 Å². The molecule has 23 heavy (non-hydrogen) atoms. The minimum Gasteiger partial charge on any atom is -0.478 e. The van der Waals surface area contributed by atoms with Crippen LogP contribution in [0.25, 0.3) is 27.6 Å². The van der Waals surface area contributed by atoms with Crippen LogP contribution in [-0.2, 0) is 9.59 Å². The summed E-state index contributed by atoms with van der Waals surface area (Å²) < 4.78 is 1.46. The number of nitrogens with one attached hydrogen (secondary N) is 1. The second kappa shape index (κ2) is 5.01. The van der Waals surface area contributed by atoms with Crippen LogP contribution in [0, 0.1) is 20.8 Å².